The second-order valence-electron chi connectivity index (χ2n) is 12.0. The summed E-state index contributed by atoms with van der Waals surface area (Å²) in [5.74, 6) is -1.06. The maximum Gasteiger partial charge on any atom is 0.255 e. The Hall–Kier alpha value is -6.06. The van der Waals surface area contributed by atoms with Crippen molar-refractivity contribution in [3.63, 3.8) is 0 Å². The number of methoxy groups -OCH3 is 1. The number of hydrogen-bond donors (Lipinski definition) is 2. The number of ether oxygens (including phenoxy) is 1. The van der Waals surface area contributed by atoms with Crippen LogP contribution >= 0.6 is 0 Å². The van der Waals surface area contributed by atoms with Gasteiger partial charge >= 0.3 is 0 Å². The minimum atomic E-state index is -4.09. The number of aliphatic hydroxyl groups is 1. The van der Waals surface area contributed by atoms with Crippen LogP contribution in [0.3, 0.4) is 0 Å². The summed E-state index contributed by atoms with van der Waals surface area (Å²) in [6.07, 6.45) is 2.99. The molecule has 7 aromatic rings. The van der Waals surface area contributed by atoms with E-state index >= 15 is 0 Å². The van der Waals surface area contributed by atoms with Crippen molar-refractivity contribution in [3.8, 4) is 39.7 Å². The highest BCUT2D eigenvalue weighted by molar-refractivity contribution is 7.92. The summed E-state index contributed by atoms with van der Waals surface area (Å²) in [6, 6.07) is 19.5. The third kappa shape index (κ3) is 6.47. The highest BCUT2D eigenvalue weighted by Crippen LogP contribution is 2.44. The van der Waals surface area contributed by atoms with Gasteiger partial charge in [-0.15, -0.1) is 0 Å². The Morgan fingerprint density at radius 3 is 2.44 bits per heavy atom. The summed E-state index contributed by atoms with van der Waals surface area (Å²) in [4.78, 5) is 17.8. The summed E-state index contributed by atoms with van der Waals surface area (Å²) in [6.45, 7) is -0.383. The van der Waals surface area contributed by atoms with E-state index < -0.39 is 33.7 Å². The van der Waals surface area contributed by atoms with E-state index in [9.17, 15) is 27.1 Å². The molecule has 0 saturated heterocycles. The minimum Gasteiger partial charge on any atom is -0.496 e. The van der Waals surface area contributed by atoms with E-state index in [-0.39, 0.29) is 52.7 Å². The number of carbonyl (C=O) groups is 1. The fourth-order valence-electron chi connectivity index (χ4n) is 6.08. The number of hydrogen-bond acceptors (Lipinski definition) is 9. The van der Waals surface area contributed by atoms with Crippen LogP contribution in [-0.4, -0.2) is 67.3 Å². The van der Waals surface area contributed by atoms with Gasteiger partial charge in [0.05, 0.1) is 49.4 Å². The number of benzene rings is 4. The number of aliphatic hydroxyl groups excluding tert-OH is 1. The van der Waals surface area contributed by atoms with E-state index in [0.29, 0.717) is 33.4 Å². The SMILES string of the molecule is CNC(=O)c1c(-c2ccc(F)cc2)oc2cc(N(CC(O)Cn3cccn3)S(C)(=O)=O)c(-c3ccc(OC)c(-c4nc5c(F)cccc5o4)c3)cc12. The van der Waals surface area contributed by atoms with Gasteiger partial charge in [0.2, 0.25) is 15.9 Å². The number of halogens is 2. The first-order valence-corrected chi connectivity index (χ1v) is 17.8. The number of fused-ring (bicyclic) bond motifs is 2. The Morgan fingerprint density at radius 2 is 1.77 bits per heavy atom. The van der Waals surface area contributed by atoms with Crippen molar-refractivity contribution in [1.82, 2.24) is 20.1 Å². The molecule has 0 aliphatic carbocycles. The molecule has 4 aromatic carbocycles. The molecular weight excluding hydrogens is 696 g/mol. The van der Waals surface area contributed by atoms with Crippen LogP contribution in [0.25, 0.3) is 56.0 Å². The largest absolute Gasteiger partial charge is 0.496 e. The highest BCUT2D eigenvalue weighted by atomic mass is 32.2. The number of rotatable bonds is 11. The van der Waals surface area contributed by atoms with Gasteiger partial charge in [0, 0.05) is 42.0 Å². The number of aromatic nitrogens is 3. The molecule has 2 N–H and O–H groups in total. The molecule has 0 saturated carbocycles. The van der Waals surface area contributed by atoms with Crippen molar-refractivity contribution in [3.05, 3.63) is 108 Å². The quantitative estimate of drug-likeness (QED) is 0.158. The second kappa shape index (κ2) is 13.6. The smallest absolute Gasteiger partial charge is 0.255 e. The number of carbonyl (C=O) groups excluding carboxylic acids is 1. The van der Waals surface area contributed by atoms with Gasteiger partial charge in [0.15, 0.2) is 11.4 Å². The first kappa shape index (κ1) is 34.4. The van der Waals surface area contributed by atoms with E-state index in [4.69, 9.17) is 13.6 Å². The Labute approximate surface area is 295 Å². The fourth-order valence-corrected chi connectivity index (χ4v) is 7.03. The molecule has 15 heteroatoms. The number of para-hydroxylation sites is 1. The van der Waals surface area contributed by atoms with Crippen molar-refractivity contribution >= 4 is 43.7 Å². The molecule has 7 rings (SSSR count). The highest BCUT2D eigenvalue weighted by Gasteiger charge is 2.29. The van der Waals surface area contributed by atoms with Gasteiger partial charge < -0.3 is 24.0 Å². The Balaban J connectivity index is 1.48. The lowest BCUT2D eigenvalue weighted by atomic mass is 9.96. The average molecular weight is 728 g/mol. The van der Waals surface area contributed by atoms with Crippen LogP contribution in [0, 0.1) is 11.6 Å². The molecule has 0 bridgehead atoms. The number of sulfonamides is 1. The van der Waals surface area contributed by atoms with Crippen LogP contribution in [0.4, 0.5) is 14.5 Å². The summed E-state index contributed by atoms with van der Waals surface area (Å²) in [7, 11) is -1.18. The van der Waals surface area contributed by atoms with Gasteiger partial charge in [-0.3, -0.25) is 13.8 Å². The molecule has 266 valence electrons. The zero-order chi connectivity index (χ0) is 36.7. The topological polar surface area (TPSA) is 153 Å². The zero-order valence-corrected chi connectivity index (χ0v) is 28.8. The number of nitrogens with zero attached hydrogens (tertiary/aromatic N) is 4. The Bertz CT molecular complexity index is 2550. The van der Waals surface area contributed by atoms with Crippen molar-refractivity contribution in [2.24, 2.45) is 0 Å². The van der Waals surface area contributed by atoms with Crippen LogP contribution in [0.2, 0.25) is 0 Å². The van der Waals surface area contributed by atoms with E-state index in [1.54, 1.807) is 48.8 Å². The summed E-state index contributed by atoms with van der Waals surface area (Å²) in [5, 5.41) is 18.2. The molecule has 3 heterocycles. The van der Waals surface area contributed by atoms with E-state index in [0.717, 1.165) is 10.6 Å². The standard InChI is InChI=1S/C37H31F2N5O7S/c1-40-36(46)33-26-17-25(22-10-13-30(49-2)27(16-22)37-42-34-28(39)6-4-7-31(34)51-37)29(18-32(26)50-35(33)21-8-11-23(38)12-9-21)44(52(3,47)48)20-24(45)19-43-15-5-14-41-43/h4-18,24,45H,19-20H2,1-3H3,(H,40,46). The third-order valence-corrected chi connectivity index (χ3v) is 9.63. The number of anilines is 1. The number of amides is 1. The van der Waals surface area contributed by atoms with Crippen molar-refractivity contribution in [2.75, 3.05) is 31.3 Å². The van der Waals surface area contributed by atoms with E-state index in [1.807, 2.05) is 0 Å². The van der Waals surface area contributed by atoms with Crippen molar-refractivity contribution in [2.45, 2.75) is 12.6 Å². The molecule has 52 heavy (non-hydrogen) atoms. The molecule has 1 unspecified atom stereocenters. The normalized spacial score (nSPS) is 12.3. The van der Waals surface area contributed by atoms with Gasteiger partial charge in [0.1, 0.15) is 28.4 Å². The number of nitrogens with one attached hydrogen (secondary N) is 1. The number of furan rings is 1. The molecule has 1 amide bonds. The van der Waals surface area contributed by atoms with Crippen LogP contribution in [0.1, 0.15) is 10.4 Å². The average Bonchev–Trinajstić information content (AvgIpc) is 3.89. The number of oxazole rings is 1. The van der Waals surface area contributed by atoms with E-state index in [2.05, 4.69) is 15.4 Å². The lowest BCUT2D eigenvalue weighted by molar-refractivity contribution is 0.0964. The Kier molecular flexibility index (Phi) is 8.98. The fraction of sp³-hybridized carbons (Fsp3) is 0.162. The monoisotopic (exact) mass is 727 g/mol. The summed E-state index contributed by atoms with van der Waals surface area (Å²) >= 11 is 0. The first-order valence-electron chi connectivity index (χ1n) is 15.9. The van der Waals surface area contributed by atoms with Crippen LogP contribution in [-0.2, 0) is 16.6 Å². The van der Waals surface area contributed by atoms with Crippen molar-refractivity contribution in [1.29, 1.82) is 0 Å². The molecule has 0 fully saturated rings. The maximum atomic E-state index is 14.6. The molecular formula is C37H31F2N5O7S. The van der Waals surface area contributed by atoms with Crippen molar-refractivity contribution < 1.29 is 40.7 Å². The zero-order valence-electron chi connectivity index (χ0n) is 28.0. The molecule has 0 aliphatic rings. The van der Waals surface area contributed by atoms with Gasteiger partial charge in [0.25, 0.3) is 5.91 Å². The van der Waals surface area contributed by atoms with Gasteiger partial charge in [-0.25, -0.2) is 22.2 Å². The van der Waals surface area contributed by atoms with Gasteiger partial charge in [-0.1, -0.05) is 12.1 Å². The maximum absolute atomic E-state index is 14.6. The molecule has 0 spiro atoms. The molecule has 12 nitrogen and oxygen atoms in total. The summed E-state index contributed by atoms with van der Waals surface area (Å²) in [5.41, 5.74) is 2.09. The van der Waals surface area contributed by atoms with E-state index in [1.165, 1.54) is 61.3 Å². The predicted molar refractivity (Wildman–Crippen MR) is 190 cm³/mol. The molecule has 1 atom stereocenters. The lowest BCUT2D eigenvalue weighted by Gasteiger charge is -2.27. The first-order chi connectivity index (χ1) is 24.9. The molecule has 0 aliphatic heterocycles. The van der Waals surface area contributed by atoms with Gasteiger partial charge in [-0.2, -0.15) is 5.10 Å². The predicted octanol–water partition coefficient (Wildman–Crippen LogP) is 6.25. The summed E-state index contributed by atoms with van der Waals surface area (Å²) < 4.78 is 76.0. The Morgan fingerprint density at radius 1 is 1.00 bits per heavy atom. The van der Waals surface area contributed by atoms with Crippen LogP contribution < -0.4 is 14.4 Å². The van der Waals surface area contributed by atoms with Crippen LogP contribution in [0.15, 0.2) is 100 Å². The van der Waals surface area contributed by atoms with Gasteiger partial charge in [-0.05, 0) is 66.2 Å². The minimum absolute atomic E-state index is 0.00610. The lowest BCUT2D eigenvalue weighted by Crippen LogP contribution is -2.39. The molecule has 0 radical (unpaired) electrons. The molecule has 3 aromatic heterocycles. The second-order valence-corrected chi connectivity index (χ2v) is 13.9. The third-order valence-electron chi connectivity index (χ3n) is 8.48. The van der Waals surface area contributed by atoms with Crippen LogP contribution in [0.5, 0.6) is 5.75 Å².